The molecule has 0 saturated carbocycles. The summed E-state index contributed by atoms with van der Waals surface area (Å²) in [5, 5.41) is 12.6. The van der Waals surface area contributed by atoms with Crippen molar-refractivity contribution in [1.82, 2.24) is 5.48 Å². The zero-order valence-electron chi connectivity index (χ0n) is 13.4. The van der Waals surface area contributed by atoms with Gasteiger partial charge in [0.05, 0.1) is 23.5 Å². The van der Waals surface area contributed by atoms with E-state index in [9.17, 15) is 0 Å². The molecule has 0 saturated heterocycles. The van der Waals surface area contributed by atoms with Gasteiger partial charge in [0.1, 0.15) is 6.17 Å². The van der Waals surface area contributed by atoms with Crippen LogP contribution >= 0.6 is 0 Å². The smallest absolute Gasteiger partial charge is 0.114 e. The van der Waals surface area contributed by atoms with E-state index in [0.717, 1.165) is 17.8 Å². The van der Waals surface area contributed by atoms with Crippen LogP contribution in [0.15, 0.2) is 18.2 Å². The van der Waals surface area contributed by atoms with Crippen molar-refractivity contribution in [2.75, 3.05) is 29.9 Å². The number of aliphatic hydroxyl groups is 1. The maximum atomic E-state index is 9.08. The lowest BCUT2D eigenvalue weighted by Crippen LogP contribution is -2.45. The van der Waals surface area contributed by atoms with E-state index in [-0.39, 0.29) is 18.4 Å². The predicted octanol–water partition coefficient (Wildman–Crippen LogP) is 2.12. The molecule has 5 heteroatoms. The summed E-state index contributed by atoms with van der Waals surface area (Å²) in [7, 11) is 0. The van der Waals surface area contributed by atoms with Gasteiger partial charge in [-0.3, -0.25) is 4.84 Å². The van der Waals surface area contributed by atoms with Crippen molar-refractivity contribution in [2.24, 2.45) is 0 Å². The van der Waals surface area contributed by atoms with Crippen molar-refractivity contribution in [3.8, 4) is 0 Å². The Morgan fingerprint density at radius 1 is 1.38 bits per heavy atom. The van der Waals surface area contributed by atoms with Crippen LogP contribution in [0.1, 0.15) is 33.3 Å². The maximum absolute atomic E-state index is 9.08. The first-order valence-corrected chi connectivity index (χ1v) is 7.62. The van der Waals surface area contributed by atoms with Gasteiger partial charge in [-0.2, -0.15) is 5.48 Å². The van der Waals surface area contributed by atoms with Gasteiger partial charge in [0.25, 0.3) is 0 Å². The lowest BCUT2D eigenvalue weighted by molar-refractivity contribution is -0.0731. The largest absolute Gasteiger partial charge is 0.396 e. The summed E-state index contributed by atoms with van der Waals surface area (Å²) in [6.07, 6.45) is 0.873. The molecule has 0 amide bonds. The van der Waals surface area contributed by atoms with Crippen LogP contribution in [-0.4, -0.2) is 36.6 Å². The van der Waals surface area contributed by atoms with Crippen LogP contribution in [0, 0.1) is 0 Å². The van der Waals surface area contributed by atoms with Crippen LogP contribution in [0.3, 0.4) is 0 Å². The third kappa shape index (κ3) is 4.09. The van der Waals surface area contributed by atoms with Crippen molar-refractivity contribution in [3.05, 3.63) is 23.8 Å². The average molecular weight is 293 g/mol. The Bertz CT molecular complexity index is 471. The standard InChI is InChI=1S/C16H27N3O2/c1-5-19-14-10-12(8-9-20)6-7-13(14)18-15(19)11-17-21-16(2,3)4/h6-7,10,15,17-18,20H,5,8-9,11H2,1-4H3. The van der Waals surface area contributed by atoms with Gasteiger partial charge >= 0.3 is 0 Å². The van der Waals surface area contributed by atoms with Crippen LogP contribution in [-0.2, 0) is 11.3 Å². The van der Waals surface area contributed by atoms with Crippen LogP contribution in [0.4, 0.5) is 11.4 Å². The zero-order valence-corrected chi connectivity index (χ0v) is 13.4. The molecule has 0 radical (unpaired) electrons. The summed E-state index contributed by atoms with van der Waals surface area (Å²) in [6, 6.07) is 6.32. The number of nitrogens with one attached hydrogen (secondary N) is 2. The molecule has 5 nitrogen and oxygen atoms in total. The number of fused-ring (bicyclic) bond motifs is 1. The molecule has 0 aromatic heterocycles. The lowest BCUT2D eigenvalue weighted by Gasteiger charge is -2.27. The molecule has 0 bridgehead atoms. The SMILES string of the molecule is CCN1c2cc(CCO)ccc2NC1CNOC(C)(C)C. The van der Waals surface area contributed by atoms with Gasteiger partial charge in [-0.15, -0.1) is 0 Å². The highest BCUT2D eigenvalue weighted by molar-refractivity contribution is 5.76. The zero-order chi connectivity index (χ0) is 15.5. The minimum Gasteiger partial charge on any atom is -0.396 e. The summed E-state index contributed by atoms with van der Waals surface area (Å²) >= 11 is 0. The Kier molecular flexibility index (Phi) is 5.08. The van der Waals surface area contributed by atoms with E-state index in [0.29, 0.717) is 13.0 Å². The number of nitrogens with zero attached hydrogens (tertiary/aromatic N) is 1. The van der Waals surface area contributed by atoms with Crippen LogP contribution in [0.2, 0.25) is 0 Å². The normalized spacial score (nSPS) is 17.8. The monoisotopic (exact) mass is 293 g/mol. The van der Waals surface area contributed by atoms with Gasteiger partial charge in [-0.1, -0.05) is 6.07 Å². The Labute approximate surface area is 127 Å². The molecule has 3 N–H and O–H groups in total. The van der Waals surface area contributed by atoms with Gasteiger partial charge in [0, 0.05) is 13.2 Å². The molecular weight excluding hydrogens is 266 g/mol. The van der Waals surface area contributed by atoms with E-state index in [1.165, 1.54) is 5.69 Å². The number of benzene rings is 1. The number of hydrogen-bond acceptors (Lipinski definition) is 5. The summed E-state index contributed by atoms with van der Waals surface area (Å²) in [6.45, 7) is 10.0. The van der Waals surface area contributed by atoms with Crippen molar-refractivity contribution < 1.29 is 9.94 Å². The molecule has 2 rings (SSSR count). The molecule has 1 aliphatic rings. The fourth-order valence-corrected chi connectivity index (χ4v) is 2.54. The Morgan fingerprint density at radius 2 is 2.14 bits per heavy atom. The number of likely N-dealkylation sites (N-methyl/N-ethyl adjacent to an activating group) is 1. The second kappa shape index (κ2) is 6.64. The van der Waals surface area contributed by atoms with Crippen molar-refractivity contribution in [2.45, 2.75) is 45.9 Å². The van der Waals surface area contributed by atoms with Crippen molar-refractivity contribution >= 4 is 11.4 Å². The lowest BCUT2D eigenvalue weighted by atomic mass is 10.1. The molecule has 21 heavy (non-hydrogen) atoms. The van der Waals surface area contributed by atoms with Crippen LogP contribution < -0.4 is 15.7 Å². The topological polar surface area (TPSA) is 56.8 Å². The molecule has 0 spiro atoms. The maximum Gasteiger partial charge on any atom is 0.114 e. The van der Waals surface area contributed by atoms with E-state index in [2.05, 4.69) is 40.8 Å². The summed E-state index contributed by atoms with van der Waals surface area (Å²) in [5.41, 5.74) is 6.37. The summed E-state index contributed by atoms with van der Waals surface area (Å²) in [5.74, 6) is 0. The summed E-state index contributed by atoms with van der Waals surface area (Å²) < 4.78 is 0. The van der Waals surface area contributed by atoms with Crippen LogP contribution in [0.25, 0.3) is 0 Å². The molecule has 118 valence electrons. The Morgan fingerprint density at radius 3 is 2.76 bits per heavy atom. The fraction of sp³-hybridized carbons (Fsp3) is 0.625. The molecule has 1 aromatic rings. The first-order valence-electron chi connectivity index (χ1n) is 7.62. The highest BCUT2D eigenvalue weighted by Crippen LogP contribution is 2.35. The predicted molar refractivity (Wildman–Crippen MR) is 86.5 cm³/mol. The Hall–Kier alpha value is -1.30. The molecule has 1 atom stereocenters. The molecule has 1 aliphatic heterocycles. The number of aliphatic hydroxyl groups excluding tert-OH is 1. The first kappa shape index (κ1) is 16.1. The fourth-order valence-electron chi connectivity index (χ4n) is 2.54. The van der Waals surface area contributed by atoms with Gasteiger partial charge in [0.2, 0.25) is 0 Å². The molecule has 1 unspecified atom stereocenters. The minimum absolute atomic E-state index is 0.178. The van der Waals surface area contributed by atoms with Gasteiger partial charge in [-0.25, -0.2) is 0 Å². The van der Waals surface area contributed by atoms with E-state index in [1.807, 2.05) is 20.8 Å². The number of hydroxylamine groups is 1. The minimum atomic E-state index is -0.198. The second-order valence-electron chi connectivity index (χ2n) is 6.33. The van der Waals surface area contributed by atoms with Gasteiger partial charge in [-0.05, 0) is 51.8 Å². The van der Waals surface area contributed by atoms with E-state index in [4.69, 9.17) is 9.94 Å². The molecule has 0 fully saturated rings. The first-order chi connectivity index (χ1) is 9.94. The quantitative estimate of drug-likeness (QED) is 0.702. The highest BCUT2D eigenvalue weighted by Gasteiger charge is 2.27. The van der Waals surface area contributed by atoms with E-state index >= 15 is 0 Å². The van der Waals surface area contributed by atoms with E-state index in [1.54, 1.807) is 0 Å². The van der Waals surface area contributed by atoms with Crippen molar-refractivity contribution in [1.29, 1.82) is 0 Å². The van der Waals surface area contributed by atoms with Crippen molar-refractivity contribution in [3.63, 3.8) is 0 Å². The highest BCUT2D eigenvalue weighted by atomic mass is 16.7. The summed E-state index contributed by atoms with van der Waals surface area (Å²) in [4.78, 5) is 7.91. The van der Waals surface area contributed by atoms with Crippen LogP contribution in [0.5, 0.6) is 0 Å². The molecule has 1 aromatic carbocycles. The second-order valence-corrected chi connectivity index (χ2v) is 6.33. The third-order valence-electron chi connectivity index (χ3n) is 3.47. The number of hydrogen-bond donors (Lipinski definition) is 3. The van der Waals surface area contributed by atoms with Gasteiger partial charge < -0.3 is 15.3 Å². The third-order valence-corrected chi connectivity index (χ3v) is 3.47. The number of anilines is 2. The Balaban J connectivity index is 2.03. The number of rotatable bonds is 6. The average Bonchev–Trinajstić information content (AvgIpc) is 2.74. The molecule has 1 heterocycles. The molecular formula is C16H27N3O2. The van der Waals surface area contributed by atoms with E-state index < -0.39 is 0 Å². The van der Waals surface area contributed by atoms with Gasteiger partial charge in [0.15, 0.2) is 0 Å². The molecule has 0 aliphatic carbocycles.